The molecule has 0 aromatic carbocycles. The molecule has 13 heavy (non-hydrogen) atoms. The molecule has 1 aromatic heterocycles. The number of fused-ring (bicyclic) bond motifs is 1. The van der Waals surface area contributed by atoms with Crippen LogP contribution in [0.5, 0.6) is 0 Å². The van der Waals surface area contributed by atoms with Crippen molar-refractivity contribution in [2.75, 3.05) is 12.0 Å². The molecule has 0 radical (unpaired) electrons. The van der Waals surface area contributed by atoms with E-state index in [2.05, 4.69) is 34.3 Å². The highest BCUT2D eigenvalue weighted by Gasteiger charge is 2.05. The fraction of sp³-hybridized carbons (Fsp3) is 0.400. The van der Waals surface area contributed by atoms with Crippen LogP contribution in [0.15, 0.2) is 17.1 Å². The first-order chi connectivity index (χ1) is 6.40. The van der Waals surface area contributed by atoms with Gasteiger partial charge in [0.2, 0.25) is 0 Å². The van der Waals surface area contributed by atoms with Crippen LogP contribution in [0.2, 0.25) is 0 Å². The first-order valence-electron chi connectivity index (χ1n) is 4.64. The van der Waals surface area contributed by atoms with Gasteiger partial charge in [0.15, 0.2) is 0 Å². The standard InChI is InChI=1S/C10H13N3/c1-2-3-8-4-5-9-10(13-8)6-11-7-12-9/h4-6,12H,2-3,7H2,1H3. The van der Waals surface area contributed by atoms with E-state index in [0.29, 0.717) is 6.67 Å². The van der Waals surface area contributed by atoms with Crippen molar-refractivity contribution in [1.29, 1.82) is 0 Å². The van der Waals surface area contributed by atoms with Crippen LogP contribution < -0.4 is 5.32 Å². The second-order valence-electron chi connectivity index (χ2n) is 3.13. The van der Waals surface area contributed by atoms with Crippen molar-refractivity contribution in [3.8, 4) is 0 Å². The molecule has 0 amide bonds. The summed E-state index contributed by atoms with van der Waals surface area (Å²) in [6.45, 7) is 2.83. The molecule has 68 valence electrons. The summed E-state index contributed by atoms with van der Waals surface area (Å²) in [6.07, 6.45) is 4.02. The van der Waals surface area contributed by atoms with Crippen LogP contribution >= 0.6 is 0 Å². The zero-order valence-corrected chi connectivity index (χ0v) is 7.75. The SMILES string of the molecule is CCCc1ccc2c(n1)C=NCN2. The Morgan fingerprint density at radius 1 is 1.46 bits per heavy atom. The number of rotatable bonds is 2. The number of nitrogens with zero attached hydrogens (tertiary/aromatic N) is 2. The first-order valence-corrected chi connectivity index (χ1v) is 4.64. The van der Waals surface area contributed by atoms with E-state index in [0.717, 1.165) is 29.9 Å². The van der Waals surface area contributed by atoms with Gasteiger partial charge in [0.25, 0.3) is 0 Å². The van der Waals surface area contributed by atoms with Crippen molar-refractivity contribution in [2.45, 2.75) is 19.8 Å². The zero-order valence-electron chi connectivity index (χ0n) is 7.75. The second kappa shape index (κ2) is 3.56. The van der Waals surface area contributed by atoms with Crippen molar-refractivity contribution >= 4 is 11.9 Å². The van der Waals surface area contributed by atoms with Crippen LogP contribution in [0, 0.1) is 0 Å². The minimum atomic E-state index is 0.668. The molecule has 1 aliphatic heterocycles. The topological polar surface area (TPSA) is 37.3 Å². The Hall–Kier alpha value is -1.38. The van der Waals surface area contributed by atoms with Gasteiger partial charge in [0, 0.05) is 5.69 Å². The summed E-state index contributed by atoms with van der Waals surface area (Å²) in [6, 6.07) is 4.16. The number of aryl methyl sites for hydroxylation is 1. The monoisotopic (exact) mass is 175 g/mol. The Morgan fingerprint density at radius 3 is 3.23 bits per heavy atom. The minimum Gasteiger partial charge on any atom is -0.364 e. The molecule has 1 N–H and O–H groups in total. The van der Waals surface area contributed by atoms with Gasteiger partial charge in [0.05, 0.1) is 11.9 Å². The Labute approximate surface area is 77.9 Å². The average molecular weight is 175 g/mol. The Balaban J connectivity index is 2.31. The maximum absolute atomic E-state index is 4.49. The third kappa shape index (κ3) is 1.69. The lowest BCUT2D eigenvalue weighted by molar-refractivity contribution is 0.879. The highest BCUT2D eigenvalue weighted by Crippen LogP contribution is 2.15. The summed E-state index contributed by atoms with van der Waals surface area (Å²) in [5, 5.41) is 3.17. The number of aliphatic imine (C=N–C) groups is 1. The van der Waals surface area contributed by atoms with Crippen molar-refractivity contribution in [2.24, 2.45) is 4.99 Å². The summed E-state index contributed by atoms with van der Waals surface area (Å²) in [5.41, 5.74) is 3.21. The molecule has 0 saturated carbocycles. The fourth-order valence-electron chi connectivity index (χ4n) is 1.42. The van der Waals surface area contributed by atoms with Gasteiger partial charge in [0.1, 0.15) is 12.4 Å². The van der Waals surface area contributed by atoms with Crippen LogP contribution in [-0.2, 0) is 6.42 Å². The molecule has 3 heteroatoms. The fourth-order valence-corrected chi connectivity index (χ4v) is 1.42. The van der Waals surface area contributed by atoms with E-state index in [9.17, 15) is 0 Å². The van der Waals surface area contributed by atoms with Gasteiger partial charge in [-0.05, 0) is 18.6 Å². The van der Waals surface area contributed by atoms with E-state index >= 15 is 0 Å². The van der Waals surface area contributed by atoms with Crippen LogP contribution in [-0.4, -0.2) is 17.9 Å². The van der Waals surface area contributed by atoms with Crippen molar-refractivity contribution < 1.29 is 0 Å². The maximum Gasteiger partial charge on any atom is 0.107 e. The third-order valence-corrected chi connectivity index (χ3v) is 2.06. The summed E-state index contributed by atoms with van der Waals surface area (Å²) < 4.78 is 0. The van der Waals surface area contributed by atoms with Crippen molar-refractivity contribution in [3.05, 3.63) is 23.5 Å². The highest BCUT2D eigenvalue weighted by atomic mass is 15.0. The summed E-state index contributed by atoms with van der Waals surface area (Å²) in [5.74, 6) is 0. The lowest BCUT2D eigenvalue weighted by Crippen LogP contribution is -2.10. The summed E-state index contributed by atoms with van der Waals surface area (Å²) in [7, 11) is 0. The largest absolute Gasteiger partial charge is 0.364 e. The number of hydrogen-bond acceptors (Lipinski definition) is 3. The number of anilines is 1. The molecule has 0 aliphatic carbocycles. The average Bonchev–Trinajstić information content (AvgIpc) is 2.18. The molecule has 1 aromatic rings. The van der Waals surface area contributed by atoms with Gasteiger partial charge in [-0.1, -0.05) is 13.3 Å². The third-order valence-electron chi connectivity index (χ3n) is 2.06. The number of aromatic nitrogens is 1. The van der Waals surface area contributed by atoms with Crippen molar-refractivity contribution in [1.82, 2.24) is 4.98 Å². The van der Waals surface area contributed by atoms with Crippen LogP contribution in [0.3, 0.4) is 0 Å². The van der Waals surface area contributed by atoms with E-state index in [1.165, 1.54) is 0 Å². The summed E-state index contributed by atoms with van der Waals surface area (Å²) >= 11 is 0. The predicted molar refractivity (Wildman–Crippen MR) is 54.3 cm³/mol. The molecule has 0 saturated heterocycles. The van der Waals surface area contributed by atoms with Gasteiger partial charge in [-0.15, -0.1) is 0 Å². The molecule has 0 spiro atoms. The summed E-state index contributed by atoms with van der Waals surface area (Å²) in [4.78, 5) is 8.61. The normalized spacial score (nSPS) is 13.6. The number of hydrogen-bond donors (Lipinski definition) is 1. The van der Waals surface area contributed by atoms with Crippen LogP contribution in [0.1, 0.15) is 24.7 Å². The smallest absolute Gasteiger partial charge is 0.107 e. The second-order valence-corrected chi connectivity index (χ2v) is 3.13. The molecular weight excluding hydrogens is 162 g/mol. The van der Waals surface area contributed by atoms with Gasteiger partial charge in [-0.2, -0.15) is 0 Å². The quantitative estimate of drug-likeness (QED) is 0.744. The van der Waals surface area contributed by atoms with E-state index < -0.39 is 0 Å². The Bertz CT molecular complexity index is 331. The van der Waals surface area contributed by atoms with Crippen LogP contribution in [0.4, 0.5) is 5.69 Å². The number of nitrogens with one attached hydrogen (secondary N) is 1. The minimum absolute atomic E-state index is 0.668. The van der Waals surface area contributed by atoms with Gasteiger partial charge >= 0.3 is 0 Å². The molecule has 0 fully saturated rings. The van der Waals surface area contributed by atoms with Gasteiger partial charge in [-0.25, -0.2) is 4.98 Å². The van der Waals surface area contributed by atoms with Gasteiger partial charge < -0.3 is 5.32 Å². The lowest BCUT2D eigenvalue weighted by Gasteiger charge is -2.12. The molecule has 3 nitrogen and oxygen atoms in total. The van der Waals surface area contributed by atoms with Crippen LogP contribution in [0.25, 0.3) is 0 Å². The first kappa shape index (κ1) is 8.23. The van der Waals surface area contributed by atoms with E-state index in [-0.39, 0.29) is 0 Å². The predicted octanol–water partition coefficient (Wildman–Crippen LogP) is 1.84. The number of pyridine rings is 1. The van der Waals surface area contributed by atoms with E-state index in [1.54, 1.807) is 0 Å². The Morgan fingerprint density at radius 2 is 2.38 bits per heavy atom. The molecular formula is C10H13N3. The molecule has 2 heterocycles. The zero-order chi connectivity index (χ0) is 9.10. The highest BCUT2D eigenvalue weighted by molar-refractivity contribution is 5.86. The van der Waals surface area contributed by atoms with E-state index in [1.807, 2.05) is 6.21 Å². The maximum atomic E-state index is 4.49. The van der Waals surface area contributed by atoms with Gasteiger partial charge in [-0.3, -0.25) is 4.99 Å². The molecule has 2 rings (SSSR count). The van der Waals surface area contributed by atoms with Crippen molar-refractivity contribution in [3.63, 3.8) is 0 Å². The lowest BCUT2D eigenvalue weighted by atomic mass is 10.2. The molecule has 0 unspecified atom stereocenters. The van der Waals surface area contributed by atoms with E-state index in [4.69, 9.17) is 0 Å². The molecule has 0 bridgehead atoms. The Kier molecular flexibility index (Phi) is 2.25. The molecule has 1 aliphatic rings. The molecule has 0 atom stereocenters.